The molecule has 104 valence electrons. The molecule has 0 aliphatic heterocycles. The zero-order chi connectivity index (χ0) is 14.7. The second-order valence-electron chi connectivity index (χ2n) is 4.31. The van der Waals surface area contributed by atoms with Gasteiger partial charge in [0, 0.05) is 7.05 Å². The number of amides is 1. The molecule has 0 aliphatic rings. The molecule has 0 bridgehead atoms. The Bertz CT molecular complexity index is 648. The highest BCUT2D eigenvalue weighted by atomic mass is 32.1. The molecule has 0 saturated heterocycles. The van der Waals surface area contributed by atoms with Crippen molar-refractivity contribution < 1.29 is 14.7 Å². The van der Waals surface area contributed by atoms with Crippen LogP contribution >= 0.6 is 11.3 Å². The van der Waals surface area contributed by atoms with Gasteiger partial charge in [-0.15, -0.1) is 11.3 Å². The lowest BCUT2D eigenvalue weighted by Crippen LogP contribution is -2.27. The van der Waals surface area contributed by atoms with Crippen molar-refractivity contribution in [2.75, 3.05) is 11.9 Å². The summed E-state index contributed by atoms with van der Waals surface area (Å²) in [6.07, 6.45) is 0.777. The fraction of sp³-hybridized carbons (Fsp3) is 0.200. The molecule has 0 fully saturated rings. The van der Waals surface area contributed by atoms with Crippen molar-refractivity contribution in [2.45, 2.75) is 13.3 Å². The smallest absolute Gasteiger partial charge is 0.337 e. The van der Waals surface area contributed by atoms with Gasteiger partial charge in [0.15, 0.2) is 0 Å². The van der Waals surface area contributed by atoms with E-state index in [-0.39, 0.29) is 11.5 Å². The fourth-order valence-electron chi connectivity index (χ4n) is 2.01. The number of rotatable bonds is 4. The fourth-order valence-corrected chi connectivity index (χ4v) is 2.98. The highest BCUT2D eigenvalue weighted by Crippen LogP contribution is 2.25. The van der Waals surface area contributed by atoms with Gasteiger partial charge in [0.1, 0.15) is 0 Å². The van der Waals surface area contributed by atoms with Gasteiger partial charge < -0.3 is 10.0 Å². The summed E-state index contributed by atoms with van der Waals surface area (Å²) in [5.41, 5.74) is 1.51. The van der Waals surface area contributed by atoms with Crippen molar-refractivity contribution in [1.82, 2.24) is 0 Å². The number of thiophene rings is 1. The van der Waals surface area contributed by atoms with E-state index in [1.165, 1.54) is 22.3 Å². The summed E-state index contributed by atoms with van der Waals surface area (Å²) in [5, 5.41) is 11.1. The number of nitrogens with zero attached hydrogens (tertiary/aromatic N) is 1. The topological polar surface area (TPSA) is 57.6 Å². The number of hydrogen-bond acceptors (Lipinski definition) is 3. The molecule has 1 N–H and O–H groups in total. The number of carboxylic acids is 1. The van der Waals surface area contributed by atoms with Gasteiger partial charge in [-0.3, -0.25) is 4.79 Å². The van der Waals surface area contributed by atoms with E-state index >= 15 is 0 Å². The highest BCUT2D eigenvalue weighted by Gasteiger charge is 2.21. The zero-order valence-corrected chi connectivity index (χ0v) is 12.1. The number of aryl methyl sites for hydroxylation is 1. The third kappa shape index (κ3) is 2.58. The largest absolute Gasteiger partial charge is 0.478 e. The van der Waals surface area contributed by atoms with Gasteiger partial charge in [-0.2, -0.15) is 0 Å². The predicted molar refractivity (Wildman–Crippen MR) is 79.8 cm³/mol. The quantitative estimate of drug-likeness (QED) is 0.939. The van der Waals surface area contributed by atoms with Gasteiger partial charge in [-0.05, 0) is 35.6 Å². The number of anilines is 1. The standard InChI is InChI=1S/C15H15NO3S/c1-3-10-8-9-20-13(10)14(17)16(2)12-7-5-4-6-11(12)15(18)19/h4-9H,3H2,1-2H3,(H,18,19). The summed E-state index contributed by atoms with van der Waals surface area (Å²) in [6.45, 7) is 1.99. The molecule has 0 unspecified atom stereocenters. The molecule has 5 heteroatoms. The Morgan fingerprint density at radius 2 is 1.95 bits per heavy atom. The van der Waals surface area contributed by atoms with Crippen molar-refractivity contribution in [3.05, 3.63) is 51.7 Å². The van der Waals surface area contributed by atoms with E-state index in [9.17, 15) is 14.7 Å². The van der Waals surface area contributed by atoms with Gasteiger partial charge >= 0.3 is 5.97 Å². The lowest BCUT2D eigenvalue weighted by atomic mass is 10.1. The third-order valence-electron chi connectivity index (χ3n) is 3.12. The van der Waals surface area contributed by atoms with Gasteiger partial charge in [0.25, 0.3) is 5.91 Å². The first-order valence-electron chi connectivity index (χ1n) is 6.23. The average molecular weight is 289 g/mol. The normalized spacial score (nSPS) is 10.3. The number of para-hydroxylation sites is 1. The van der Waals surface area contributed by atoms with Crippen molar-refractivity contribution in [3.63, 3.8) is 0 Å². The monoisotopic (exact) mass is 289 g/mol. The van der Waals surface area contributed by atoms with Crippen molar-refractivity contribution in [3.8, 4) is 0 Å². The van der Waals surface area contributed by atoms with Crippen molar-refractivity contribution >= 4 is 28.9 Å². The van der Waals surface area contributed by atoms with Gasteiger partial charge in [-0.25, -0.2) is 4.79 Å². The first-order chi connectivity index (χ1) is 9.56. The Labute approximate surface area is 121 Å². The molecule has 1 aromatic carbocycles. The maximum atomic E-state index is 12.5. The Morgan fingerprint density at radius 3 is 2.60 bits per heavy atom. The summed E-state index contributed by atoms with van der Waals surface area (Å²) in [5.74, 6) is -1.22. The van der Waals surface area contributed by atoms with E-state index in [1.54, 1.807) is 25.2 Å². The first-order valence-corrected chi connectivity index (χ1v) is 7.11. The van der Waals surface area contributed by atoms with Gasteiger partial charge in [-0.1, -0.05) is 19.1 Å². The highest BCUT2D eigenvalue weighted by molar-refractivity contribution is 7.12. The SMILES string of the molecule is CCc1ccsc1C(=O)N(C)c1ccccc1C(=O)O. The summed E-state index contributed by atoms with van der Waals surface area (Å²) in [6, 6.07) is 8.43. The zero-order valence-electron chi connectivity index (χ0n) is 11.3. The van der Waals surface area contributed by atoms with Crippen LogP contribution in [0, 0.1) is 0 Å². The van der Waals surface area contributed by atoms with Crippen LogP contribution in [0.3, 0.4) is 0 Å². The molecule has 2 aromatic rings. The minimum atomic E-state index is -1.04. The van der Waals surface area contributed by atoms with Crippen LogP contribution in [-0.4, -0.2) is 24.0 Å². The third-order valence-corrected chi connectivity index (χ3v) is 4.07. The first kappa shape index (κ1) is 14.3. The number of benzene rings is 1. The van der Waals surface area contributed by atoms with Crippen LogP contribution in [-0.2, 0) is 6.42 Å². The van der Waals surface area contributed by atoms with E-state index in [4.69, 9.17) is 0 Å². The molecule has 0 radical (unpaired) electrons. The molecular weight excluding hydrogens is 274 g/mol. The van der Waals surface area contributed by atoms with Crippen LogP contribution in [0.4, 0.5) is 5.69 Å². The predicted octanol–water partition coefficient (Wildman–Crippen LogP) is 3.29. The number of carbonyl (C=O) groups is 2. The molecule has 0 atom stereocenters. The van der Waals surface area contributed by atoms with E-state index in [0.717, 1.165) is 12.0 Å². The van der Waals surface area contributed by atoms with E-state index < -0.39 is 5.97 Å². The summed E-state index contributed by atoms with van der Waals surface area (Å²) < 4.78 is 0. The minimum absolute atomic E-state index is 0.123. The molecule has 2 rings (SSSR count). The van der Waals surface area contributed by atoms with E-state index in [1.807, 2.05) is 18.4 Å². The van der Waals surface area contributed by atoms with Crippen LogP contribution in [0.1, 0.15) is 32.5 Å². The Morgan fingerprint density at radius 1 is 1.25 bits per heavy atom. The summed E-state index contributed by atoms with van der Waals surface area (Å²) in [4.78, 5) is 25.8. The van der Waals surface area contributed by atoms with Crippen LogP contribution in [0.25, 0.3) is 0 Å². The van der Waals surface area contributed by atoms with E-state index in [2.05, 4.69) is 0 Å². The second kappa shape index (κ2) is 5.88. The van der Waals surface area contributed by atoms with Crippen LogP contribution in [0.2, 0.25) is 0 Å². The number of aromatic carboxylic acids is 1. The summed E-state index contributed by atoms with van der Waals surface area (Å²) >= 11 is 1.38. The maximum absolute atomic E-state index is 12.5. The summed E-state index contributed by atoms with van der Waals surface area (Å²) in [7, 11) is 1.60. The molecule has 0 saturated carbocycles. The van der Waals surface area contributed by atoms with Gasteiger partial charge in [0.05, 0.1) is 16.1 Å². The minimum Gasteiger partial charge on any atom is -0.478 e. The van der Waals surface area contributed by atoms with Crippen molar-refractivity contribution in [1.29, 1.82) is 0 Å². The number of carboxylic acid groups (broad SMARTS) is 1. The Balaban J connectivity index is 2.39. The molecule has 20 heavy (non-hydrogen) atoms. The van der Waals surface area contributed by atoms with Crippen molar-refractivity contribution in [2.24, 2.45) is 0 Å². The number of carbonyl (C=O) groups excluding carboxylic acids is 1. The van der Waals surface area contributed by atoms with Crippen LogP contribution in [0.5, 0.6) is 0 Å². The Kier molecular flexibility index (Phi) is 4.20. The lowest BCUT2D eigenvalue weighted by molar-refractivity contribution is 0.0697. The molecule has 1 amide bonds. The maximum Gasteiger partial charge on any atom is 0.337 e. The lowest BCUT2D eigenvalue weighted by Gasteiger charge is -2.19. The van der Waals surface area contributed by atoms with E-state index in [0.29, 0.717) is 10.6 Å². The molecule has 0 aliphatic carbocycles. The molecular formula is C15H15NO3S. The Hall–Kier alpha value is -2.14. The molecule has 0 spiro atoms. The molecule has 1 aromatic heterocycles. The second-order valence-corrected chi connectivity index (χ2v) is 5.23. The molecule has 1 heterocycles. The van der Waals surface area contributed by atoms with Crippen LogP contribution in [0.15, 0.2) is 35.7 Å². The van der Waals surface area contributed by atoms with Crippen LogP contribution < -0.4 is 4.90 Å². The molecule has 4 nitrogen and oxygen atoms in total. The van der Waals surface area contributed by atoms with Gasteiger partial charge in [0.2, 0.25) is 0 Å². The number of hydrogen-bond donors (Lipinski definition) is 1. The average Bonchev–Trinajstić information content (AvgIpc) is 2.94.